The minimum atomic E-state index is 0. The molecule has 0 spiro atoms. The summed E-state index contributed by atoms with van der Waals surface area (Å²) in [6.07, 6.45) is 3.72. The van der Waals surface area contributed by atoms with Crippen LogP contribution in [0.1, 0.15) is 36.4 Å². The summed E-state index contributed by atoms with van der Waals surface area (Å²) in [5.41, 5.74) is 0. The van der Waals surface area contributed by atoms with Crippen LogP contribution in [0.25, 0.3) is 0 Å². The number of thiophene rings is 1. The summed E-state index contributed by atoms with van der Waals surface area (Å²) in [5.74, 6) is 1.08. The van der Waals surface area contributed by atoms with Crippen molar-refractivity contribution in [1.82, 2.24) is 10.2 Å². The second-order valence-electron chi connectivity index (χ2n) is 4.59. The Balaban J connectivity index is 0.00000180. The van der Waals surface area contributed by atoms with E-state index in [0.717, 1.165) is 38.6 Å². The van der Waals surface area contributed by atoms with Crippen LogP contribution in [-0.4, -0.2) is 30.5 Å². The highest BCUT2D eigenvalue weighted by molar-refractivity contribution is 14.0. The molecule has 2 heterocycles. The fourth-order valence-corrected chi connectivity index (χ4v) is 3.09. The maximum absolute atomic E-state index is 4.76. The normalized spacial score (nSPS) is 15.5. The van der Waals surface area contributed by atoms with Crippen LogP contribution in [0.4, 0.5) is 0 Å². The number of nitrogens with zero attached hydrogens (tertiary/aromatic N) is 2. The number of likely N-dealkylation sites (tertiary alicyclic amines) is 1. The van der Waals surface area contributed by atoms with Gasteiger partial charge in [-0.2, -0.15) is 0 Å². The number of rotatable bonds is 4. The Morgan fingerprint density at radius 3 is 2.53 bits per heavy atom. The van der Waals surface area contributed by atoms with Crippen molar-refractivity contribution in [3.63, 3.8) is 0 Å². The smallest absolute Gasteiger partial charge is 0.194 e. The van der Waals surface area contributed by atoms with Gasteiger partial charge in [0.05, 0.1) is 6.54 Å². The molecule has 0 atom stereocenters. The fourth-order valence-electron chi connectivity index (χ4n) is 2.20. The number of aliphatic imine (C=N–C) groups is 1. The largest absolute Gasteiger partial charge is 0.357 e. The number of guanidine groups is 1. The van der Waals surface area contributed by atoms with Crippen LogP contribution >= 0.6 is 35.3 Å². The first-order chi connectivity index (χ1) is 8.83. The molecule has 0 radical (unpaired) electrons. The molecular formula is C14H24IN3S. The van der Waals surface area contributed by atoms with Gasteiger partial charge in [-0.05, 0) is 38.3 Å². The van der Waals surface area contributed by atoms with Gasteiger partial charge in [-0.25, -0.2) is 4.99 Å². The standard InChI is InChI=1S/C14H23N3S.HI/c1-3-12-7-8-13(18-12)11-16-14(15-4-2)17-9-5-6-10-17;/h7-8H,3-6,9-11H2,1-2H3,(H,15,16);1H. The predicted molar refractivity (Wildman–Crippen MR) is 94.7 cm³/mol. The van der Waals surface area contributed by atoms with Crippen LogP contribution in [0.5, 0.6) is 0 Å². The molecule has 108 valence electrons. The SMILES string of the molecule is CCNC(=NCc1ccc(CC)s1)N1CCCC1.I. The van der Waals surface area contributed by atoms with Crippen molar-refractivity contribution in [2.75, 3.05) is 19.6 Å². The lowest BCUT2D eigenvalue weighted by Crippen LogP contribution is -2.39. The molecule has 1 saturated heterocycles. The Kier molecular flexibility index (Phi) is 7.75. The van der Waals surface area contributed by atoms with Crippen LogP contribution < -0.4 is 5.32 Å². The van der Waals surface area contributed by atoms with Gasteiger partial charge in [-0.3, -0.25) is 0 Å². The van der Waals surface area contributed by atoms with Crippen molar-refractivity contribution < 1.29 is 0 Å². The van der Waals surface area contributed by atoms with Gasteiger partial charge in [0.1, 0.15) is 0 Å². The number of aryl methyl sites for hydroxylation is 1. The van der Waals surface area contributed by atoms with Crippen molar-refractivity contribution in [2.24, 2.45) is 4.99 Å². The van der Waals surface area contributed by atoms with Gasteiger partial charge in [0.25, 0.3) is 0 Å². The molecule has 19 heavy (non-hydrogen) atoms. The summed E-state index contributed by atoms with van der Waals surface area (Å²) >= 11 is 1.88. The molecule has 0 amide bonds. The summed E-state index contributed by atoms with van der Waals surface area (Å²) in [7, 11) is 0. The Morgan fingerprint density at radius 2 is 1.95 bits per heavy atom. The molecule has 0 aromatic carbocycles. The topological polar surface area (TPSA) is 27.6 Å². The molecule has 3 nitrogen and oxygen atoms in total. The number of nitrogens with one attached hydrogen (secondary N) is 1. The van der Waals surface area contributed by atoms with Crippen molar-refractivity contribution >= 4 is 41.3 Å². The lowest BCUT2D eigenvalue weighted by atomic mass is 10.4. The zero-order valence-corrected chi connectivity index (χ0v) is 15.0. The molecule has 1 N–H and O–H groups in total. The first-order valence-corrected chi connectivity index (χ1v) is 7.76. The van der Waals surface area contributed by atoms with E-state index in [9.17, 15) is 0 Å². The summed E-state index contributed by atoms with van der Waals surface area (Å²) in [6, 6.07) is 4.43. The highest BCUT2D eigenvalue weighted by Gasteiger charge is 2.15. The van der Waals surface area contributed by atoms with Gasteiger partial charge < -0.3 is 10.2 Å². The molecule has 1 aliphatic heterocycles. The molecular weight excluding hydrogens is 369 g/mol. The molecule has 0 aliphatic carbocycles. The maximum Gasteiger partial charge on any atom is 0.194 e. The van der Waals surface area contributed by atoms with Gasteiger partial charge in [0.15, 0.2) is 5.96 Å². The maximum atomic E-state index is 4.76. The number of halogens is 1. The molecule has 0 bridgehead atoms. The van der Waals surface area contributed by atoms with Crippen molar-refractivity contribution in [3.8, 4) is 0 Å². The zero-order chi connectivity index (χ0) is 12.8. The van der Waals surface area contributed by atoms with Crippen LogP contribution in [0.2, 0.25) is 0 Å². The number of hydrogen-bond donors (Lipinski definition) is 1. The Hall–Kier alpha value is -0.300. The minimum absolute atomic E-state index is 0. The average Bonchev–Trinajstić information content (AvgIpc) is 3.05. The van der Waals surface area contributed by atoms with Gasteiger partial charge in [0.2, 0.25) is 0 Å². The Bertz CT molecular complexity index is 397. The van der Waals surface area contributed by atoms with E-state index in [-0.39, 0.29) is 24.0 Å². The predicted octanol–water partition coefficient (Wildman–Crippen LogP) is 3.49. The fraction of sp³-hybridized carbons (Fsp3) is 0.643. The summed E-state index contributed by atoms with van der Waals surface area (Å²) in [4.78, 5) is 9.94. The van der Waals surface area contributed by atoms with E-state index in [1.54, 1.807) is 0 Å². The lowest BCUT2D eigenvalue weighted by Gasteiger charge is -2.20. The van der Waals surface area contributed by atoms with E-state index in [1.807, 2.05) is 11.3 Å². The second kappa shape index (κ2) is 8.79. The summed E-state index contributed by atoms with van der Waals surface area (Å²) in [6.45, 7) is 8.38. The van der Waals surface area contributed by atoms with E-state index in [1.165, 1.54) is 22.6 Å². The van der Waals surface area contributed by atoms with E-state index in [2.05, 4.69) is 36.2 Å². The Labute approximate surface area is 137 Å². The Morgan fingerprint density at radius 1 is 1.26 bits per heavy atom. The first-order valence-electron chi connectivity index (χ1n) is 6.94. The van der Waals surface area contributed by atoms with Crippen LogP contribution in [0.15, 0.2) is 17.1 Å². The zero-order valence-electron chi connectivity index (χ0n) is 11.8. The van der Waals surface area contributed by atoms with E-state index in [0.29, 0.717) is 0 Å². The molecule has 5 heteroatoms. The highest BCUT2D eigenvalue weighted by Crippen LogP contribution is 2.18. The monoisotopic (exact) mass is 393 g/mol. The first kappa shape index (κ1) is 16.8. The number of hydrogen-bond acceptors (Lipinski definition) is 2. The van der Waals surface area contributed by atoms with Crippen LogP contribution in [-0.2, 0) is 13.0 Å². The molecule has 1 aromatic rings. The van der Waals surface area contributed by atoms with Gasteiger partial charge in [-0.15, -0.1) is 35.3 Å². The van der Waals surface area contributed by atoms with Crippen molar-refractivity contribution in [1.29, 1.82) is 0 Å². The van der Waals surface area contributed by atoms with Gasteiger partial charge in [0, 0.05) is 29.4 Å². The quantitative estimate of drug-likeness (QED) is 0.482. The molecule has 1 aliphatic rings. The average molecular weight is 393 g/mol. The minimum Gasteiger partial charge on any atom is -0.357 e. The van der Waals surface area contributed by atoms with Crippen molar-refractivity contribution in [2.45, 2.75) is 39.7 Å². The van der Waals surface area contributed by atoms with Crippen molar-refractivity contribution in [3.05, 3.63) is 21.9 Å². The van der Waals surface area contributed by atoms with Crippen LogP contribution in [0, 0.1) is 0 Å². The molecule has 1 aromatic heterocycles. The third kappa shape index (κ3) is 4.95. The van der Waals surface area contributed by atoms with E-state index >= 15 is 0 Å². The van der Waals surface area contributed by atoms with E-state index < -0.39 is 0 Å². The van der Waals surface area contributed by atoms with Gasteiger partial charge >= 0.3 is 0 Å². The molecule has 0 unspecified atom stereocenters. The third-order valence-corrected chi connectivity index (χ3v) is 4.41. The molecule has 1 fully saturated rings. The lowest BCUT2D eigenvalue weighted by molar-refractivity contribution is 0.494. The van der Waals surface area contributed by atoms with Gasteiger partial charge in [-0.1, -0.05) is 6.92 Å². The van der Waals surface area contributed by atoms with E-state index in [4.69, 9.17) is 4.99 Å². The summed E-state index contributed by atoms with van der Waals surface area (Å²) < 4.78 is 0. The second-order valence-corrected chi connectivity index (χ2v) is 5.84. The third-order valence-electron chi connectivity index (χ3n) is 3.19. The summed E-state index contributed by atoms with van der Waals surface area (Å²) in [5, 5.41) is 3.40. The molecule has 2 rings (SSSR count). The highest BCUT2D eigenvalue weighted by atomic mass is 127. The molecule has 0 saturated carbocycles. The van der Waals surface area contributed by atoms with Crippen LogP contribution in [0.3, 0.4) is 0 Å².